The van der Waals surface area contributed by atoms with Crippen molar-refractivity contribution in [3.05, 3.63) is 51.6 Å². The fraction of sp³-hybridized carbons (Fsp3) is 0.633. The van der Waals surface area contributed by atoms with Gasteiger partial charge in [0.25, 0.3) is 5.91 Å². The van der Waals surface area contributed by atoms with E-state index in [4.69, 9.17) is 4.74 Å². The molecule has 3 heterocycles. The van der Waals surface area contributed by atoms with Crippen molar-refractivity contribution in [1.82, 2.24) is 14.8 Å². The highest BCUT2D eigenvalue weighted by molar-refractivity contribution is 5.99. The van der Waals surface area contributed by atoms with E-state index in [-0.39, 0.29) is 17.5 Å². The van der Waals surface area contributed by atoms with Crippen LogP contribution in [0.1, 0.15) is 98.3 Å². The average Bonchev–Trinajstić information content (AvgIpc) is 2.83. The van der Waals surface area contributed by atoms with Crippen LogP contribution in [0.15, 0.2) is 29.0 Å². The van der Waals surface area contributed by atoms with Crippen molar-refractivity contribution in [3.8, 4) is 0 Å². The molecule has 1 saturated carbocycles. The summed E-state index contributed by atoms with van der Waals surface area (Å²) < 4.78 is 6.02. The van der Waals surface area contributed by atoms with Crippen molar-refractivity contribution >= 4 is 11.9 Å². The number of piperidine rings is 1. The number of pyridine rings is 1. The molecular formula is C30H43N3O4. The van der Waals surface area contributed by atoms with Crippen LogP contribution in [0.25, 0.3) is 0 Å². The third kappa shape index (κ3) is 6.25. The predicted octanol–water partition coefficient (Wildman–Crippen LogP) is 5.25. The maximum Gasteiger partial charge on any atom is 0.337 e. The van der Waals surface area contributed by atoms with E-state index in [2.05, 4.69) is 29.8 Å². The lowest BCUT2D eigenvalue weighted by Gasteiger charge is -2.40. The van der Waals surface area contributed by atoms with E-state index >= 15 is 0 Å². The number of hydrogen-bond acceptors (Lipinski definition) is 5. The van der Waals surface area contributed by atoms with Crippen LogP contribution in [-0.4, -0.2) is 70.6 Å². The van der Waals surface area contributed by atoms with Gasteiger partial charge in [-0.05, 0) is 76.5 Å². The Balaban J connectivity index is 1.40. The van der Waals surface area contributed by atoms with Gasteiger partial charge < -0.3 is 14.7 Å². The molecule has 1 aromatic heterocycles. The number of carboxylic acids is 1. The van der Waals surface area contributed by atoms with Crippen molar-refractivity contribution in [2.75, 3.05) is 32.8 Å². The maximum atomic E-state index is 13.4. The summed E-state index contributed by atoms with van der Waals surface area (Å²) in [5.74, 6) is 0.654. The Labute approximate surface area is 221 Å². The van der Waals surface area contributed by atoms with Crippen LogP contribution in [0.3, 0.4) is 0 Å². The summed E-state index contributed by atoms with van der Waals surface area (Å²) in [5.41, 5.74) is 4.67. The lowest BCUT2D eigenvalue weighted by atomic mass is 9.80. The number of fused-ring (bicyclic) bond motifs is 1. The third-order valence-electron chi connectivity index (χ3n) is 8.27. The number of carbonyl (C=O) groups is 2. The number of hydrogen-bond donors (Lipinski definition) is 1. The molecule has 3 aliphatic rings. The normalized spacial score (nSPS) is 20.4. The fourth-order valence-corrected chi connectivity index (χ4v) is 5.85. The molecule has 0 bridgehead atoms. The summed E-state index contributed by atoms with van der Waals surface area (Å²) in [6, 6.07) is 1.75. The zero-order chi connectivity index (χ0) is 26.5. The summed E-state index contributed by atoms with van der Waals surface area (Å²) >= 11 is 0. The summed E-state index contributed by atoms with van der Waals surface area (Å²) in [6.45, 7) is 12.5. The van der Waals surface area contributed by atoms with Crippen molar-refractivity contribution in [3.63, 3.8) is 0 Å². The molecule has 37 heavy (non-hydrogen) atoms. The Hall–Kier alpha value is -2.67. The number of nitrogens with zero attached hydrogens (tertiary/aromatic N) is 3. The zero-order valence-electron chi connectivity index (χ0n) is 23.0. The second-order valence-electron chi connectivity index (χ2n) is 10.9. The van der Waals surface area contributed by atoms with Crippen LogP contribution in [-0.2, 0) is 17.6 Å². The van der Waals surface area contributed by atoms with Gasteiger partial charge in [0, 0.05) is 38.6 Å². The molecule has 0 atom stereocenters. The molecule has 1 aliphatic carbocycles. The van der Waals surface area contributed by atoms with Gasteiger partial charge in [-0.3, -0.25) is 14.7 Å². The fourth-order valence-electron chi connectivity index (χ4n) is 5.85. The van der Waals surface area contributed by atoms with E-state index < -0.39 is 5.97 Å². The van der Waals surface area contributed by atoms with Crippen molar-refractivity contribution in [1.29, 1.82) is 0 Å². The van der Waals surface area contributed by atoms with Gasteiger partial charge in [-0.25, -0.2) is 4.79 Å². The van der Waals surface area contributed by atoms with Crippen LogP contribution in [0, 0.1) is 5.92 Å². The number of aryl methyl sites for hydroxylation is 1. The van der Waals surface area contributed by atoms with Gasteiger partial charge in [0.1, 0.15) is 5.76 Å². The Kier molecular flexibility index (Phi) is 9.06. The van der Waals surface area contributed by atoms with Gasteiger partial charge in [0.05, 0.1) is 29.1 Å². The molecule has 0 radical (unpaired) electrons. The molecule has 2 fully saturated rings. The number of likely N-dealkylation sites (tertiary alicyclic amines) is 1. The lowest BCUT2D eigenvalue weighted by molar-refractivity contribution is 0.0557. The summed E-state index contributed by atoms with van der Waals surface area (Å²) in [5, 5.41) is 9.67. The Morgan fingerprint density at radius 1 is 1.16 bits per heavy atom. The molecule has 202 valence electrons. The molecule has 1 N–H and O–H groups in total. The number of carboxylic acid groups (broad SMARTS) is 1. The van der Waals surface area contributed by atoms with Gasteiger partial charge in [-0.2, -0.15) is 0 Å². The van der Waals surface area contributed by atoms with Gasteiger partial charge >= 0.3 is 5.97 Å². The molecule has 7 heteroatoms. The van der Waals surface area contributed by atoms with E-state index in [1.165, 1.54) is 30.4 Å². The predicted molar refractivity (Wildman–Crippen MR) is 145 cm³/mol. The minimum absolute atomic E-state index is 0.0657. The Morgan fingerprint density at radius 2 is 1.89 bits per heavy atom. The standard InChI is InChI=1S/C30H43N3O4/c1-5-8-26-25(30(35)36)18-24-27(31-26)13-16-33(29(24)34)23-11-14-32(15-12-23)19-21(4)28(37-6-2)17-20(3)22-9-7-10-22/h17-18,22-23H,5-16,19H2,1-4H3,(H,35,36)/b20-17+,28-21-. The smallest absolute Gasteiger partial charge is 0.337 e. The second-order valence-corrected chi connectivity index (χ2v) is 10.9. The molecule has 7 nitrogen and oxygen atoms in total. The molecule has 0 unspecified atom stereocenters. The first-order valence-electron chi connectivity index (χ1n) is 14.1. The van der Waals surface area contributed by atoms with E-state index in [0.29, 0.717) is 43.2 Å². The quantitative estimate of drug-likeness (QED) is 0.343. The number of rotatable bonds is 10. The average molecular weight is 510 g/mol. The molecule has 1 amide bonds. The number of amides is 1. The largest absolute Gasteiger partial charge is 0.494 e. The molecule has 2 aliphatic heterocycles. The van der Waals surface area contributed by atoms with E-state index in [0.717, 1.165) is 50.3 Å². The van der Waals surface area contributed by atoms with Gasteiger partial charge in [-0.15, -0.1) is 0 Å². The zero-order valence-corrected chi connectivity index (χ0v) is 23.0. The molecule has 4 rings (SSSR count). The molecule has 0 aromatic carbocycles. The number of allylic oxidation sites excluding steroid dienone is 2. The van der Waals surface area contributed by atoms with Crippen LogP contribution >= 0.6 is 0 Å². The number of carbonyl (C=O) groups excluding carboxylic acids is 1. The highest BCUT2D eigenvalue weighted by Crippen LogP contribution is 2.34. The third-order valence-corrected chi connectivity index (χ3v) is 8.27. The van der Waals surface area contributed by atoms with E-state index in [9.17, 15) is 14.7 Å². The van der Waals surface area contributed by atoms with Gasteiger partial charge in [-0.1, -0.05) is 25.3 Å². The second kappa shape index (κ2) is 12.2. The van der Waals surface area contributed by atoms with E-state index in [1.54, 1.807) is 6.07 Å². The Bertz CT molecular complexity index is 1060. The Morgan fingerprint density at radius 3 is 2.49 bits per heavy atom. The lowest BCUT2D eigenvalue weighted by Crippen LogP contribution is -2.50. The topological polar surface area (TPSA) is 83.0 Å². The first kappa shape index (κ1) is 27.4. The molecule has 1 saturated heterocycles. The van der Waals surface area contributed by atoms with Crippen LogP contribution in [0.4, 0.5) is 0 Å². The van der Waals surface area contributed by atoms with Crippen molar-refractivity contribution in [2.24, 2.45) is 5.92 Å². The highest BCUT2D eigenvalue weighted by Gasteiger charge is 2.34. The maximum absolute atomic E-state index is 13.4. The SMILES string of the molecule is CCCc1nc2c(cc1C(=O)O)C(=O)N(C1CCN(C/C(C)=C(/C=C(\C)C3CCC3)OCC)CC1)CC2. The first-order valence-corrected chi connectivity index (χ1v) is 14.1. The molecular weight excluding hydrogens is 466 g/mol. The van der Waals surface area contributed by atoms with E-state index in [1.807, 2.05) is 18.7 Å². The van der Waals surface area contributed by atoms with Gasteiger partial charge in [0.15, 0.2) is 0 Å². The number of ether oxygens (including phenoxy) is 1. The van der Waals surface area contributed by atoms with Crippen LogP contribution in [0.2, 0.25) is 0 Å². The first-order chi connectivity index (χ1) is 17.8. The minimum atomic E-state index is -1.01. The molecule has 0 spiro atoms. The minimum Gasteiger partial charge on any atom is -0.494 e. The van der Waals surface area contributed by atoms with Gasteiger partial charge in [0.2, 0.25) is 0 Å². The summed E-state index contributed by atoms with van der Waals surface area (Å²) in [7, 11) is 0. The summed E-state index contributed by atoms with van der Waals surface area (Å²) in [4.78, 5) is 34.3. The van der Waals surface area contributed by atoms with Crippen LogP contribution < -0.4 is 0 Å². The van der Waals surface area contributed by atoms with Crippen molar-refractivity contribution in [2.45, 2.75) is 85.1 Å². The number of aromatic nitrogens is 1. The summed E-state index contributed by atoms with van der Waals surface area (Å²) in [6.07, 6.45) is 10.1. The highest BCUT2D eigenvalue weighted by atomic mass is 16.5. The molecule has 1 aromatic rings. The van der Waals surface area contributed by atoms with Crippen LogP contribution in [0.5, 0.6) is 0 Å². The monoisotopic (exact) mass is 509 g/mol. The number of aromatic carboxylic acids is 1. The van der Waals surface area contributed by atoms with Crippen molar-refractivity contribution < 1.29 is 19.4 Å².